The average molecular weight is 382 g/mol. The molecule has 0 saturated carbocycles. The highest BCUT2D eigenvalue weighted by atomic mass is 32.2. The molecule has 0 bridgehead atoms. The number of benzene rings is 2. The number of thiocarbonyl (C=S) groups is 1. The highest BCUT2D eigenvalue weighted by Crippen LogP contribution is 2.32. The minimum absolute atomic E-state index is 0.0507. The van der Waals surface area contributed by atoms with Crippen LogP contribution in [0.15, 0.2) is 65.6 Å². The third kappa shape index (κ3) is 4.23. The van der Waals surface area contributed by atoms with Crippen LogP contribution in [0.25, 0.3) is 6.08 Å². The van der Waals surface area contributed by atoms with Crippen LogP contribution >= 0.6 is 24.0 Å². The molecule has 132 valence electrons. The van der Waals surface area contributed by atoms with Crippen LogP contribution in [0, 0.1) is 6.92 Å². The number of carbonyl (C=O) groups excluding carboxylic acids is 1. The topological polar surface area (TPSA) is 29.5 Å². The number of carbonyl (C=O) groups is 1. The Labute approximate surface area is 163 Å². The van der Waals surface area contributed by atoms with E-state index in [4.69, 9.17) is 17.0 Å². The number of amides is 1. The molecule has 3 rings (SSSR count). The summed E-state index contributed by atoms with van der Waals surface area (Å²) in [6.45, 7) is 2.54. The molecule has 0 atom stereocenters. The second kappa shape index (κ2) is 8.34. The van der Waals surface area contributed by atoms with Crippen molar-refractivity contribution in [2.45, 2.75) is 13.5 Å². The average Bonchev–Trinajstić information content (AvgIpc) is 2.91. The normalized spacial score (nSPS) is 16.1. The SMILES string of the molecule is COc1ccccc1/C=C/C=C1\SC(=S)N(Cc2ccc(C)cc2)C1=O. The molecule has 0 aromatic heterocycles. The van der Waals surface area contributed by atoms with Gasteiger partial charge in [0.2, 0.25) is 0 Å². The maximum atomic E-state index is 12.6. The molecule has 1 saturated heterocycles. The number of allylic oxidation sites excluding steroid dienone is 2. The van der Waals surface area contributed by atoms with E-state index in [2.05, 4.69) is 0 Å². The Balaban J connectivity index is 1.72. The fourth-order valence-corrected chi connectivity index (χ4v) is 3.78. The van der Waals surface area contributed by atoms with Crippen molar-refractivity contribution in [2.75, 3.05) is 7.11 Å². The molecule has 1 fully saturated rings. The van der Waals surface area contributed by atoms with Gasteiger partial charge in [-0.25, -0.2) is 0 Å². The van der Waals surface area contributed by atoms with Gasteiger partial charge in [0.25, 0.3) is 5.91 Å². The summed E-state index contributed by atoms with van der Waals surface area (Å²) in [6.07, 6.45) is 5.59. The van der Waals surface area contributed by atoms with Crippen LogP contribution in [-0.4, -0.2) is 22.2 Å². The lowest BCUT2D eigenvalue weighted by Gasteiger charge is -2.14. The molecule has 2 aromatic carbocycles. The Morgan fingerprint density at radius 1 is 1.15 bits per heavy atom. The summed E-state index contributed by atoms with van der Waals surface area (Å²) in [6, 6.07) is 15.9. The fraction of sp³-hybridized carbons (Fsp3) is 0.143. The summed E-state index contributed by atoms with van der Waals surface area (Å²) in [4.78, 5) is 14.9. The lowest BCUT2D eigenvalue weighted by Crippen LogP contribution is -2.27. The first-order valence-electron chi connectivity index (χ1n) is 8.19. The molecule has 1 amide bonds. The smallest absolute Gasteiger partial charge is 0.266 e. The minimum atomic E-state index is -0.0507. The molecule has 1 aliphatic rings. The van der Waals surface area contributed by atoms with E-state index in [1.165, 1.54) is 17.3 Å². The van der Waals surface area contributed by atoms with Crippen LogP contribution in [0.1, 0.15) is 16.7 Å². The number of thioether (sulfide) groups is 1. The van der Waals surface area contributed by atoms with E-state index in [0.717, 1.165) is 16.9 Å². The van der Waals surface area contributed by atoms with Gasteiger partial charge in [-0.15, -0.1) is 0 Å². The van der Waals surface area contributed by atoms with E-state index >= 15 is 0 Å². The van der Waals surface area contributed by atoms with Crippen molar-refractivity contribution < 1.29 is 9.53 Å². The van der Waals surface area contributed by atoms with Gasteiger partial charge in [-0.2, -0.15) is 0 Å². The summed E-state index contributed by atoms with van der Waals surface area (Å²) < 4.78 is 5.92. The molecular formula is C21H19NO2S2. The molecule has 0 spiro atoms. The van der Waals surface area contributed by atoms with E-state index in [1.807, 2.05) is 67.6 Å². The number of methoxy groups -OCH3 is 1. The van der Waals surface area contributed by atoms with E-state index in [-0.39, 0.29) is 5.91 Å². The number of para-hydroxylation sites is 1. The summed E-state index contributed by atoms with van der Waals surface area (Å²) >= 11 is 6.72. The van der Waals surface area contributed by atoms with Crippen molar-refractivity contribution in [3.63, 3.8) is 0 Å². The molecule has 0 aliphatic carbocycles. The van der Waals surface area contributed by atoms with E-state index in [1.54, 1.807) is 18.1 Å². The number of ether oxygens (including phenoxy) is 1. The maximum Gasteiger partial charge on any atom is 0.266 e. The second-order valence-electron chi connectivity index (χ2n) is 5.88. The van der Waals surface area contributed by atoms with E-state index < -0.39 is 0 Å². The second-order valence-corrected chi connectivity index (χ2v) is 7.55. The standard InChI is InChI=1S/C21H19NO2S2/c1-15-10-12-16(13-11-15)14-22-20(23)19(26-21(22)25)9-5-7-17-6-3-4-8-18(17)24-2/h3-13H,14H2,1-2H3/b7-5+,19-9-. The molecule has 3 nitrogen and oxygen atoms in total. The molecule has 1 aliphatic heterocycles. The third-order valence-electron chi connectivity index (χ3n) is 4.00. The quantitative estimate of drug-likeness (QED) is 0.541. The number of rotatable bonds is 5. The molecule has 26 heavy (non-hydrogen) atoms. The molecule has 0 N–H and O–H groups in total. The summed E-state index contributed by atoms with van der Waals surface area (Å²) in [5.74, 6) is 0.745. The van der Waals surface area contributed by atoms with Crippen molar-refractivity contribution >= 4 is 40.3 Å². The zero-order valence-corrected chi connectivity index (χ0v) is 16.3. The highest BCUT2D eigenvalue weighted by Gasteiger charge is 2.31. The van der Waals surface area contributed by atoms with Gasteiger partial charge < -0.3 is 4.74 Å². The van der Waals surface area contributed by atoms with Crippen LogP contribution in [0.3, 0.4) is 0 Å². The van der Waals surface area contributed by atoms with Gasteiger partial charge >= 0.3 is 0 Å². The molecule has 0 radical (unpaired) electrons. The molecule has 1 heterocycles. The minimum Gasteiger partial charge on any atom is -0.496 e. The molecule has 5 heteroatoms. The first kappa shape index (κ1) is 18.4. The first-order valence-corrected chi connectivity index (χ1v) is 9.41. The summed E-state index contributed by atoms with van der Waals surface area (Å²) in [5, 5.41) is 0. The Morgan fingerprint density at radius 2 is 1.88 bits per heavy atom. The molecular weight excluding hydrogens is 362 g/mol. The third-order valence-corrected chi connectivity index (χ3v) is 5.39. The van der Waals surface area contributed by atoms with Crippen molar-refractivity contribution in [3.05, 3.63) is 82.3 Å². The Hall–Kier alpha value is -2.37. The monoisotopic (exact) mass is 381 g/mol. The van der Waals surface area contributed by atoms with Crippen molar-refractivity contribution in [1.29, 1.82) is 0 Å². The predicted octanol–water partition coefficient (Wildman–Crippen LogP) is 4.96. The summed E-state index contributed by atoms with van der Waals surface area (Å²) in [5.41, 5.74) is 3.22. The number of hydrogen-bond donors (Lipinski definition) is 0. The van der Waals surface area contributed by atoms with Crippen LogP contribution in [-0.2, 0) is 11.3 Å². The molecule has 2 aromatic rings. The lowest BCUT2D eigenvalue weighted by molar-refractivity contribution is -0.122. The number of hydrogen-bond acceptors (Lipinski definition) is 4. The zero-order chi connectivity index (χ0) is 18.5. The van der Waals surface area contributed by atoms with Crippen LogP contribution < -0.4 is 4.74 Å². The Kier molecular flexibility index (Phi) is 5.91. The number of nitrogens with zero attached hydrogens (tertiary/aromatic N) is 1. The van der Waals surface area contributed by atoms with Gasteiger partial charge in [0.15, 0.2) is 0 Å². The first-order chi connectivity index (χ1) is 12.6. The van der Waals surface area contributed by atoms with Crippen molar-refractivity contribution in [2.24, 2.45) is 0 Å². The lowest BCUT2D eigenvalue weighted by atomic mass is 10.1. The summed E-state index contributed by atoms with van der Waals surface area (Å²) in [7, 11) is 1.64. The largest absolute Gasteiger partial charge is 0.496 e. The maximum absolute atomic E-state index is 12.6. The van der Waals surface area contributed by atoms with Gasteiger partial charge in [0.05, 0.1) is 18.6 Å². The van der Waals surface area contributed by atoms with Gasteiger partial charge in [0.1, 0.15) is 10.1 Å². The Bertz CT molecular complexity index is 885. The highest BCUT2D eigenvalue weighted by molar-refractivity contribution is 8.26. The number of aryl methyl sites for hydroxylation is 1. The zero-order valence-electron chi connectivity index (χ0n) is 14.6. The molecule has 0 unspecified atom stereocenters. The van der Waals surface area contributed by atoms with Crippen molar-refractivity contribution in [1.82, 2.24) is 4.90 Å². The Morgan fingerprint density at radius 3 is 2.62 bits per heavy atom. The van der Waals surface area contributed by atoms with Gasteiger partial charge in [-0.05, 0) is 24.6 Å². The van der Waals surface area contributed by atoms with Gasteiger partial charge in [-0.3, -0.25) is 9.69 Å². The van der Waals surface area contributed by atoms with Gasteiger partial charge in [-0.1, -0.05) is 84.2 Å². The predicted molar refractivity (Wildman–Crippen MR) is 112 cm³/mol. The fourth-order valence-electron chi connectivity index (χ4n) is 2.57. The van der Waals surface area contributed by atoms with Crippen LogP contribution in [0.2, 0.25) is 0 Å². The van der Waals surface area contributed by atoms with Crippen LogP contribution in [0.5, 0.6) is 5.75 Å². The van der Waals surface area contributed by atoms with Gasteiger partial charge in [0, 0.05) is 5.56 Å². The van der Waals surface area contributed by atoms with E-state index in [9.17, 15) is 4.79 Å². The van der Waals surface area contributed by atoms with Crippen LogP contribution in [0.4, 0.5) is 0 Å². The van der Waals surface area contributed by atoms with E-state index in [0.29, 0.717) is 15.8 Å². The van der Waals surface area contributed by atoms with Crippen molar-refractivity contribution in [3.8, 4) is 5.75 Å².